The second kappa shape index (κ2) is 13.0. The first-order valence-corrected chi connectivity index (χ1v) is 16.0. The second-order valence-corrected chi connectivity index (χ2v) is 13.5. The Morgan fingerprint density at radius 1 is 0.769 bits per heavy atom. The molecule has 39 heavy (non-hydrogen) atoms. The van der Waals surface area contributed by atoms with E-state index in [2.05, 4.69) is 70.5 Å². The summed E-state index contributed by atoms with van der Waals surface area (Å²) in [7, 11) is -3.47. The van der Waals surface area contributed by atoms with Crippen LogP contribution in [-0.2, 0) is 29.3 Å². The Bertz CT molecular complexity index is 1340. The van der Waals surface area contributed by atoms with Crippen LogP contribution in [0.3, 0.4) is 0 Å². The topological polar surface area (TPSA) is 53.5 Å². The van der Waals surface area contributed by atoms with E-state index < -0.39 is 10.0 Å². The summed E-state index contributed by atoms with van der Waals surface area (Å²) < 4.78 is 28.2. The molecule has 1 atom stereocenters. The molecule has 1 unspecified atom stereocenters. The van der Waals surface area contributed by atoms with Crippen molar-refractivity contribution in [2.75, 3.05) is 32.7 Å². The molecule has 7 heteroatoms. The highest BCUT2D eigenvalue weighted by molar-refractivity contribution is 7.89. The number of piperazine rings is 1. The molecule has 0 N–H and O–H groups in total. The van der Waals surface area contributed by atoms with Crippen LogP contribution in [0.5, 0.6) is 0 Å². The molecule has 1 saturated heterocycles. The molecule has 1 aliphatic heterocycles. The van der Waals surface area contributed by atoms with Crippen molar-refractivity contribution in [1.29, 1.82) is 0 Å². The fourth-order valence-corrected chi connectivity index (χ4v) is 7.68. The molecule has 2 heterocycles. The van der Waals surface area contributed by atoms with E-state index in [1.165, 1.54) is 16.0 Å². The van der Waals surface area contributed by atoms with Crippen molar-refractivity contribution in [3.63, 3.8) is 0 Å². The molecule has 5 rings (SSSR count). The number of hydrogen-bond donors (Lipinski definition) is 0. The zero-order chi connectivity index (χ0) is 27.1. The standard InChI is InChI=1S/C32H37N3O2S2/c1-26-12-14-32(15-13-26)39(36,37)35-18-16-34(17-19-35)24-30(22-31-23-33-25-38-31)29(20-27-8-4-2-5-9-27)21-28-10-6-3-7-11-28/h2-15,23,25,29-30H,16-22,24H2,1H3. The molecule has 0 saturated carbocycles. The molecule has 5 nitrogen and oxygen atoms in total. The Labute approximate surface area is 237 Å². The average Bonchev–Trinajstić information content (AvgIpc) is 3.47. The summed E-state index contributed by atoms with van der Waals surface area (Å²) in [6, 6.07) is 28.8. The minimum absolute atomic E-state index is 0.385. The predicted molar refractivity (Wildman–Crippen MR) is 159 cm³/mol. The fourth-order valence-electron chi connectivity index (χ4n) is 5.56. The lowest BCUT2D eigenvalue weighted by Crippen LogP contribution is -2.50. The Balaban J connectivity index is 1.32. The summed E-state index contributed by atoms with van der Waals surface area (Å²) in [5, 5.41) is 0. The van der Waals surface area contributed by atoms with Gasteiger partial charge < -0.3 is 4.90 Å². The van der Waals surface area contributed by atoms with E-state index in [1.807, 2.05) is 30.8 Å². The predicted octanol–water partition coefficient (Wildman–Crippen LogP) is 5.72. The van der Waals surface area contributed by atoms with Crippen LogP contribution in [0.1, 0.15) is 21.6 Å². The lowest BCUT2D eigenvalue weighted by Gasteiger charge is -2.38. The van der Waals surface area contributed by atoms with Gasteiger partial charge in [-0.15, -0.1) is 11.3 Å². The number of benzene rings is 3. The van der Waals surface area contributed by atoms with Crippen LogP contribution >= 0.6 is 11.3 Å². The lowest BCUT2D eigenvalue weighted by molar-refractivity contribution is 0.141. The van der Waals surface area contributed by atoms with Crippen LogP contribution < -0.4 is 0 Å². The van der Waals surface area contributed by atoms with Crippen molar-refractivity contribution in [1.82, 2.24) is 14.2 Å². The van der Waals surface area contributed by atoms with Gasteiger partial charge in [-0.1, -0.05) is 78.4 Å². The van der Waals surface area contributed by atoms with Gasteiger partial charge in [0.15, 0.2) is 0 Å². The monoisotopic (exact) mass is 559 g/mol. The van der Waals surface area contributed by atoms with E-state index in [1.54, 1.807) is 27.8 Å². The van der Waals surface area contributed by atoms with Crippen LogP contribution in [0.2, 0.25) is 0 Å². The van der Waals surface area contributed by atoms with Gasteiger partial charge in [0.2, 0.25) is 10.0 Å². The fraction of sp³-hybridized carbons (Fsp3) is 0.344. The maximum Gasteiger partial charge on any atom is 0.243 e. The first kappa shape index (κ1) is 27.7. The summed E-state index contributed by atoms with van der Waals surface area (Å²) in [6.07, 6.45) is 5.02. The molecule has 0 spiro atoms. The Morgan fingerprint density at radius 3 is 1.90 bits per heavy atom. The molecular formula is C32H37N3O2S2. The van der Waals surface area contributed by atoms with E-state index in [-0.39, 0.29) is 0 Å². The van der Waals surface area contributed by atoms with Crippen molar-refractivity contribution in [2.45, 2.75) is 31.1 Å². The number of hydrogen-bond acceptors (Lipinski definition) is 5. The van der Waals surface area contributed by atoms with E-state index in [0.717, 1.165) is 44.5 Å². The zero-order valence-corrected chi connectivity index (χ0v) is 24.2. The summed E-state index contributed by atoms with van der Waals surface area (Å²) in [6.45, 7) is 5.44. The molecule has 1 fully saturated rings. The molecule has 0 amide bonds. The van der Waals surface area contributed by atoms with E-state index >= 15 is 0 Å². The summed E-state index contributed by atoms with van der Waals surface area (Å²) in [5.41, 5.74) is 5.71. The third kappa shape index (κ3) is 7.42. The summed E-state index contributed by atoms with van der Waals surface area (Å²) in [5.74, 6) is 0.873. The average molecular weight is 560 g/mol. The molecular weight excluding hydrogens is 523 g/mol. The van der Waals surface area contributed by atoms with E-state index in [9.17, 15) is 8.42 Å². The van der Waals surface area contributed by atoms with Crippen LogP contribution in [0.25, 0.3) is 0 Å². The van der Waals surface area contributed by atoms with Crippen LogP contribution in [0.4, 0.5) is 0 Å². The van der Waals surface area contributed by atoms with Gasteiger partial charge >= 0.3 is 0 Å². The van der Waals surface area contributed by atoms with Gasteiger partial charge in [0.1, 0.15) is 0 Å². The van der Waals surface area contributed by atoms with Gasteiger partial charge in [0, 0.05) is 43.8 Å². The minimum atomic E-state index is -3.47. The molecule has 4 aromatic rings. The second-order valence-electron chi connectivity index (χ2n) is 10.6. The molecule has 3 aromatic carbocycles. The van der Waals surface area contributed by atoms with Crippen molar-refractivity contribution in [3.8, 4) is 0 Å². The Hall–Kier alpha value is -2.84. The molecule has 1 aliphatic rings. The van der Waals surface area contributed by atoms with E-state index in [4.69, 9.17) is 0 Å². The SMILES string of the molecule is Cc1ccc(S(=O)(=O)N2CCN(CC(Cc3cncs3)C(Cc3ccccc3)Cc3ccccc3)CC2)cc1. The maximum absolute atomic E-state index is 13.3. The number of aromatic nitrogens is 1. The molecule has 0 bridgehead atoms. The van der Waals surface area contributed by atoms with Gasteiger partial charge in [0.25, 0.3) is 0 Å². The Kier molecular flexibility index (Phi) is 9.24. The van der Waals surface area contributed by atoms with Gasteiger partial charge in [-0.2, -0.15) is 4.31 Å². The minimum Gasteiger partial charge on any atom is -0.300 e. The van der Waals surface area contributed by atoms with Gasteiger partial charge in [0.05, 0.1) is 10.4 Å². The highest BCUT2D eigenvalue weighted by Crippen LogP contribution is 2.29. The van der Waals surface area contributed by atoms with Crippen molar-refractivity contribution in [3.05, 3.63) is 118 Å². The molecule has 204 valence electrons. The zero-order valence-electron chi connectivity index (χ0n) is 22.5. The smallest absolute Gasteiger partial charge is 0.243 e. The maximum atomic E-state index is 13.3. The van der Waals surface area contributed by atoms with E-state index in [0.29, 0.717) is 29.8 Å². The first-order chi connectivity index (χ1) is 19.0. The van der Waals surface area contributed by atoms with Crippen LogP contribution in [0, 0.1) is 18.8 Å². The third-order valence-corrected chi connectivity index (χ3v) is 10.5. The highest BCUT2D eigenvalue weighted by atomic mass is 32.2. The number of sulfonamides is 1. The molecule has 1 aromatic heterocycles. The number of aryl methyl sites for hydroxylation is 1. The lowest BCUT2D eigenvalue weighted by atomic mass is 9.80. The summed E-state index contributed by atoms with van der Waals surface area (Å²) >= 11 is 1.73. The van der Waals surface area contributed by atoms with Crippen molar-refractivity contribution in [2.24, 2.45) is 11.8 Å². The normalized spacial score (nSPS) is 15.9. The Morgan fingerprint density at radius 2 is 1.36 bits per heavy atom. The first-order valence-electron chi connectivity index (χ1n) is 13.7. The molecule has 0 aliphatic carbocycles. The van der Waals surface area contributed by atoms with Crippen LogP contribution in [-0.4, -0.2) is 55.3 Å². The number of thiazole rings is 1. The van der Waals surface area contributed by atoms with Gasteiger partial charge in [-0.3, -0.25) is 4.98 Å². The highest BCUT2D eigenvalue weighted by Gasteiger charge is 2.31. The van der Waals surface area contributed by atoms with Crippen LogP contribution in [0.15, 0.2) is 102 Å². The van der Waals surface area contributed by atoms with Gasteiger partial charge in [-0.05, 0) is 61.3 Å². The molecule has 0 radical (unpaired) electrons. The summed E-state index contributed by atoms with van der Waals surface area (Å²) in [4.78, 5) is 8.52. The van der Waals surface area contributed by atoms with Gasteiger partial charge in [-0.25, -0.2) is 8.42 Å². The quantitative estimate of drug-likeness (QED) is 0.236. The number of nitrogens with zero attached hydrogens (tertiary/aromatic N) is 3. The largest absolute Gasteiger partial charge is 0.300 e. The third-order valence-electron chi connectivity index (χ3n) is 7.78. The number of rotatable bonds is 11. The van der Waals surface area contributed by atoms with Crippen molar-refractivity contribution < 1.29 is 8.42 Å². The van der Waals surface area contributed by atoms with Crippen molar-refractivity contribution >= 4 is 21.4 Å².